The quantitative estimate of drug-likeness (QED) is 0.837. The molecule has 4 nitrogen and oxygen atoms in total. The maximum Gasteiger partial charge on any atom is 0.354 e. The topological polar surface area (TPSA) is 58.0 Å². The Balaban J connectivity index is 2.79. The van der Waals surface area contributed by atoms with Gasteiger partial charge < -0.3 is 14.7 Å². The maximum absolute atomic E-state index is 11.2. The number of aromatic nitrogens is 2. The number of benzene rings is 1. The van der Waals surface area contributed by atoms with Crippen molar-refractivity contribution in [1.82, 2.24) is 9.55 Å². The van der Waals surface area contributed by atoms with E-state index >= 15 is 0 Å². The Labute approximate surface area is 111 Å². The predicted molar refractivity (Wildman–Crippen MR) is 70.7 cm³/mol. The molecule has 0 fully saturated rings. The lowest BCUT2D eigenvalue weighted by Crippen LogP contribution is -2.01. The predicted octanol–water partition coefficient (Wildman–Crippen LogP) is 3.21. The van der Waals surface area contributed by atoms with Crippen molar-refractivity contribution in [3.05, 3.63) is 39.2 Å². The molecule has 1 aromatic carbocycles. The Kier molecular flexibility index (Phi) is 3.17. The first-order valence-electron chi connectivity index (χ1n) is 4.79. The van der Waals surface area contributed by atoms with Crippen LogP contribution in [-0.2, 0) is 7.05 Å². The summed E-state index contributed by atoms with van der Waals surface area (Å²) in [6.07, 6.45) is 0. The van der Waals surface area contributed by atoms with Crippen LogP contribution in [0.3, 0.4) is 0 Å². The normalized spacial score (nSPS) is 10.5. The summed E-state index contributed by atoms with van der Waals surface area (Å²) in [5, 5.41) is 9.15. The van der Waals surface area contributed by atoms with Crippen LogP contribution in [0.4, 0.5) is 0 Å². The van der Waals surface area contributed by atoms with Gasteiger partial charge in [-0.05, 0) is 18.3 Å². The highest BCUT2D eigenvalue weighted by molar-refractivity contribution is 9.10. The number of carboxylic acid groups (broad SMARTS) is 1. The monoisotopic (exact) mass is 312 g/mol. The number of carboxylic acids is 1. The molecule has 0 amide bonds. The fourth-order valence-corrected chi connectivity index (χ4v) is 2.31. The van der Waals surface area contributed by atoms with E-state index in [1.807, 2.05) is 24.3 Å². The van der Waals surface area contributed by atoms with Crippen molar-refractivity contribution >= 4 is 34.1 Å². The second-order valence-electron chi connectivity index (χ2n) is 3.50. The fraction of sp³-hybridized carbons (Fsp3) is 0.0909. The molecule has 0 spiro atoms. The molecule has 0 saturated carbocycles. The lowest BCUT2D eigenvalue weighted by atomic mass is 10.1. The van der Waals surface area contributed by atoms with Gasteiger partial charge in [0.1, 0.15) is 0 Å². The Bertz CT molecular complexity index is 645. The van der Waals surface area contributed by atoms with Crippen molar-refractivity contribution in [1.29, 1.82) is 0 Å². The average Bonchev–Trinajstić information content (AvgIpc) is 2.57. The Hall–Kier alpha value is -1.40. The SMILES string of the molecule is Cn1c(-c2ccccc2Br)c(C(=O)O)[nH]c1=S. The second kappa shape index (κ2) is 4.46. The molecule has 0 aliphatic carbocycles. The number of rotatable bonds is 2. The van der Waals surface area contributed by atoms with E-state index in [1.54, 1.807) is 11.6 Å². The van der Waals surface area contributed by atoms with Crippen LogP contribution < -0.4 is 0 Å². The largest absolute Gasteiger partial charge is 0.477 e. The average molecular weight is 313 g/mol. The van der Waals surface area contributed by atoms with Crippen molar-refractivity contribution in [3.8, 4) is 11.3 Å². The summed E-state index contributed by atoms with van der Waals surface area (Å²) in [6, 6.07) is 7.42. The molecule has 6 heteroatoms. The minimum Gasteiger partial charge on any atom is -0.477 e. The Morgan fingerprint density at radius 2 is 2.12 bits per heavy atom. The van der Waals surface area contributed by atoms with Crippen LogP contribution in [0.2, 0.25) is 0 Å². The van der Waals surface area contributed by atoms with Gasteiger partial charge in [-0.1, -0.05) is 34.1 Å². The first kappa shape index (κ1) is 12.1. The molecule has 2 rings (SSSR count). The molecule has 1 aromatic heterocycles. The Morgan fingerprint density at radius 1 is 1.47 bits per heavy atom. The minimum atomic E-state index is -1.03. The lowest BCUT2D eigenvalue weighted by molar-refractivity contribution is 0.0692. The van der Waals surface area contributed by atoms with Crippen LogP contribution in [0.1, 0.15) is 10.5 Å². The first-order chi connectivity index (χ1) is 8.02. The van der Waals surface area contributed by atoms with E-state index in [1.165, 1.54) is 0 Å². The number of halogens is 1. The standard InChI is InChI=1S/C11H9BrN2O2S/c1-14-9(6-4-2-3-5-7(6)12)8(10(15)16)13-11(14)17/h2-5H,1H3,(H,13,17)(H,15,16). The number of nitrogens with zero attached hydrogens (tertiary/aromatic N) is 1. The summed E-state index contributed by atoms with van der Waals surface area (Å²) >= 11 is 8.46. The number of aromatic carboxylic acids is 1. The molecule has 0 bridgehead atoms. The molecule has 0 saturated heterocycles. The minimum absolute atomic E-state index is 0.101. The van der Waals surface area contributed by atoms with Crippen LogP contribution in [0.15, 0.2) is 28.7 Å². The van der Waals surface area contributed by atoms with E-state index in [0.29, 0.717) is 10.5 Å². The van der Waals surface area contributed by atoms with E-state index < -0.39 is 5.97 Å². The van der Waals surface area contributed by atoms with Crippen LogP contribution in [0, 0.1) is 4.77 Å². The highest BCUT2D eigenvalue weighted by Crippen LogP contribution is 2.30. The van der Waals surface area contributed by atoms with Gasteiger partial charge >= 0.3 is 5.97 Å². The highest BCUT2D eigenvalue weighted by Gasteiger charge is 2.18. The zero-order valence-corrected chi connectivity index (χ0v) is 11.3. The van der Waals surface area contributed by atoms with E-state index in [0.717, 1.165) is 10.0 Å². The molecule has 88 valence electrons. The summed E-state index contributed by atoms with van der Waals surface area (Å²) in [6.45, 7) is 0. The highest BCUT2D eigenvalue weighted by atomic mass is 79.9. The summed E-state index contributed by atoms with van der Waals surface area (Å²) < 4.78 is 2.86. The third-order valence-electron chi connectivity index (χ3n) is 2.45. The van der Waals surface area contributed by atoms with Gasteiger partial charge in [0.2, 0.25) is 0 Å². The van der Waals surface area contributed by atoms with Crippen LogP contribution in [-0.4, -0.2) is 20.6 Å². The van der Waals surface area contributed by atoms with Gasteiger partial charge in [-0.25, -0.2) is 4.79 Å². The third kappa shape index (κ3) is 2.05. The fourth-order valence-electron chi connectivity index (χ4n) is 1.64. The van der Waals surface area contributed by atoms with E-state index in [9.17, 15) is 4.79 Å². The van der Waals surface area contributed by atoms with Gasteiger partial charge in [0.15, 0.2) is 10.5 Å². The zero-order chi connectivity index (χ0) is 12.6. The van der Waals surface area contributed by atoms with E-state index in [2.05, 4.69) is 20.9 Å². The maximum atomic E-state index is 11.2. The second-order valence-corrected chi connectivity index (χ2v) is 4.74. The van der Waals surface area contributed by atoms with Gasteiger partial charge in [-0.2, -0.15) is 0 Å². The molecule has 0 unspecified atom stereocenters. The summed E-state index contributed by atoms with van der Waals surface area (Å²) in [5.41, 5.74) is 1.46. The number of carbonyl (C=O) groups is 1. The van der Waals surface area contributed by atoms with Crippen LogP contribution in [0.25, 0.3) is 11.3 Å². The van der Waals surface area contributed by atoms with Gasteiger partial charge in [-0.3, -0.25) is 0 Å². The number of imidazole rings is 1. The van der Waals surface area contributed by atoms with Crippen molar-refractivity contribution in [3.63, 3.8) is 0 Å². The molecule has 2 N–H and O–H groups in total. The lowest BCUT2D eigenvalue weighted by Gasteiger charge is -2.06. The van der Waals surface area contributed by atoms with Crippen LogP contribution in [0.5, 0.6) is 0 Å². The van der Waals surface area contributed by atoms with E-state index in [-0.39, 0.29) is 5.69 Å². The van der Waals surface area contributed by atoms with Gasteiger partial charge in [0.05, 0.1) is 5.69 Å². The van der Waals surface area contributed by atoms with Crippen molar-refractivity contribution in [2.75, 3.05) is 0 Å². The molecule has 2 aromatic rings. The smallest absolute Gasteiger partial charge is 0.354 e. The summed E-state index contributed by atoms with van der Waals surface area (Å²) in [5.74, 6) is -1.03. The molecule has 0 aliphatic rings. The van der Waals surface area contributed by atoms with Gasteiger partial charge in [0, 0.05) is 17.1 Å². The number of hydrogen-bond acceptors (Lipinski definition) is 2. The summed E-state index contributed by atoms with van der Waals surface area (Å²) in [4.78, 5) is 13.9. The number of nitrogens with one attached hydrogen (secondary N) is 1. The molecule has 1 heterocycles. The third-order valence-corrected chi connectivity index (χ3v) is 3.52. The molecule has 0 aliphatic heterocycles. The van der Waals surface area contributed by atoms with Gasteiger partial charge in [0.25, 0.3) is 0 Å². The molecule has 0 atom stereocenters. The molecular weight excluding hydrogens is 304 g/mol. The number of H-pyrrole nitrogens is 1. The van der Waals surface area contributed by atoms with Gasteiger partial charge in [-0.15, -0.1) is 0 Å². The van der Waals surface area contributed by atoms with Crippen molar-refractivity contribution in [2.24, 2.45) is 7.05 Å². The number of aromatic amines is 1. The molecular formula is C11H9BrN2O2S. The van der Waals surface area contributed by atoms with E-state index in [4.69, 9.17) is 17.3 Å². The van der Waals surface area contributed by atoms with Crippen LogP contribution >= 0.6 is 28.1 Å². The Morgan fingerprint density at radius 3 is 2.71 bits per heavy atom. The van der Waals surface area contributed by atoms with Crippen molar-refractivity contribution in [2.45, 2.75) is 0 Å². The molecule has 0 radical (unpaired) electrons. The molecule has 17 heavy (non-hydrogen) atoms. The van der Waals surface area contributed by atoms with Crippen molar-refractivity contribution < 1.29 is 9.90 Å². The number of hydrogen-bond donors (Lipinski definition) is 2. The zero-order valence-electron chi connectivity index (χ0n) is 8.90. The first-order valence-corrected chi connectivity index (χ1v) is 5.99. The summed E-state index contributed by atoms with van der Waals surface area (Å²) in [7, 11) is 1.74.